The number of fused-ring (bicyclic) bond motifs is 2. The van der Waals surface area contributed by atoms with Crippen molar-refractivity contribution in [3.8, 4) is 28.1 Å². The summed E-state index contributed by atoms with van der Waals surface area (Å²) in [5.74, 6) is -1.50. The summed E-state index contributed by atoms with van der Waals surface area (Å²) in [6, 6.07) is 3.40. The Labute approximate surface area is 241 Å². The van der Waals surface area contributed by atoms with Crippen LogP contribution >= 0.6 is 0 Å². The summed E-state index contributed by atoms with van der Waals surface area (Å²) in [4.78, 5) is 29.7. The first kappa shape index (κ1) is 29.1. The van der Waals surface area contributed by atoms with Crippen molar-refractivity contribution in [3.63, 3.8) is 0 Å². The third-order valence-electron chi connectivity index (χ3n) is 8.44. The molecule has 2 heterocycles. The SMILES string of the molecule is Cc1[nH]c2c(C)c(C(=O)NC3CCCCC3)cc-2c(-c2cc(F)c3c(c2C)CCCO3)c1C(OC(C)(C)C)C(=O)O. The van der Waals surface area contributed by atoms with Gasteiger partial charge < -0.3 is 24.9 Å². The highest BCUT2D eigenvalue weighted by Gasteiger charge is 2.36. The molecule has 8 heteroatoms. The molecule has 1 amide bonds. The normalized spacial score (nSPS) is 16.8. The van der Waals surface area contributed by atoms with Gasteiger partial charge in [-0.3, -0.25) is 4.79 Å². The number of carboxylic acid groups (broad SMARTS) is 1. The minimum atomic E-state index is -1.32. The lowest BCUT2D eigenvalue weighted by Crippen LogP contribution is -2.36. The number of aryl methyl sites for hydroxylation is 1. The molecule has 1 fully saturated rings. The number of carbonyl (C=O) groups is 2. The molecule has 0 radical (unpaired) electrons. The first-order valence-corrected chi connectivity index (χ1v) is 14.7. The lowest BCUT2D eigenvalue weighted by atomic mass is 9.85. The Kier molecular flexibility index (Phi) is 7.90. The topological polar surface area (TPSA) is 101 Å². The fraction of sp³-hybridized carbons (Fsp3) is 0.515. The maximum atomic E-state index is 15.6. The summed E-state index contributed by atoms with van der Waals surface area (Å²) in [6.45, 7) is 11.5. The number of amides is 1. The van der Waals surface area contributed by atoms with Crippen molar-refractivity contribution >= 4 is 11.9 Å². The maximum absolute atomic E-state index is 15.6. The Balaban J connectivity index is 1.77. The van der Waals surface area contributed by atoms with E-state index in [0.29, 0.717) is 46.5 Å². The first-order valence-electron chi connectivity index (χ1n) is 14.7. The predicted molar refractivity (Wildman–Crippen MR) is 156 cm³/mol. The number of halogens is 1. The summed E-state index contributed by atoms with van der Waals surface area (Å²) in [5, 5.41) is 13.6. The van der Waals surface area contributed by atoms with Gasteiger partial charge in [-0.25, -0.2) is 9.18 Å². The van der Waals surface area contributed by atoms with Crippen LogP contribution < -0.4 is 10.1 Å². The Morgan fingerprint density at radius 1 is 1.07 bits per heavy atom. The summed E-state index contributed by atoms with van der Waals surface area (Å²) < 4.78 is 27.4. The van der Waals surface area contributed by atoms with Crippen molar-refractivity contribution in [1.82, 2.24) is 10.3 Å². The fourth-order valence-electron chi connectivity index (χ4n) is 6.47. The number of benzene rings is 1. The molecule has 1 saturated carbocycles. The van der Waals surface area contributed by atoms with Crippen molar-refractivity contribution in [2.45, 2.75) is 104 Å². The molecule has 2 aliphatic carbocycles. The smallest absolute Gasteiger partial charge is 0.337 e. The summed E-state index contributed by atoms with van der Waals surface area (Å²) in [7, 11) is 0. The van der Waals surface area contributed by atoms with Gasteiger partial charge in [-0.15, -0.1) is 0 Å². The van der Waals surface area contributed by atoms with Gasteiger partial charge in [-0.1, -0.05) is 19.3 Å². The largest absolute Gasteiger partial charge is 0.490 e. The molecule has 4 aliphatic rings. The minimum absolute atomic E-state index is 0.142. The highest BCUT2D eigenvalue weighted by molar-refractivity contribution is 6.03. The van der Waals surface area contributed by atoms with Gasteiger partial charge in [0.1, 0.15) is 0 Å². The Bertz CT molecular complexity index is 1460. The van der Waals surface area contributed by atoms with Crippen LogP contribution in [0, 0.1) is 26.6 Å². The Morgan fingerprint density at radius 2 is 1.78 bits per heavy atom. The summed E-state index contributed by atoms with van der Waals surface area (Å²) >= 11 is 0. The average molecular weight is 565 g/mol. The Morgan fingerprint density at radius 3 is 2.44 bits per heavy atom. The van der Waals surface area contributed by atoms with Gasteiger partial charge in [-0.05, 0) is 102 Å². The maximum Gasteiger partial charge on any atom is 0.337 e. The molecule has 0 bridgehead atoms. The van der Waals surface area contributed by atoms with Crippen LogP contribution in [-0.2, 0) is 16.0 Å². The molecule has 1 atom stereocenters. The van der Waals surface area contributed by atoms with Crippen LogP contribution in [0.15, 0.2) is 12.1 Å². The van der Waals surface area contributed by atoms with Gasteiger partial charge in [0.2, 0.25) is 0 Å². The van der Waals surface area contributed by atoms with Gasteiger partial charge in [0.25, 0.3) is 5.91 Å². The predicted octanol–water partition coefficient (Wildman–Crippen LogP) is 7.18. The molecular weight excluding hydrogens is 523 g/mol. The monoisotopic (exact) mass is 564 g/mol. The molecule has 0 aromatic heterocycles. The van der Waals surface area contributed by atoms with E-state index in [-0.39, 0.29) is 17.7 Å². The molecule has 0 spiro atoms. The van der Waals surface area contributed by atoms with Crippen molar-refractivity contribution in [1.29, 1.82) is 0 Å². The van der Waals surface area contributed by atoms with Crippen LogP contribution in [0.5, 0.6) is 5.75 Å². The van der Waals surface area contributed by atoms with E-state index >= 15 is 4.39 Å². The van der Waals surface area contributed by atoms with Crippen molar-refractivity contribution in [3.05, 3.63) is 51.5 Å². The molecule has 2 aliphatic heterocycles. The van der Waals surface area contributed by atoms with Crippen LogP contribution in [0.1, 0.15) is 104 Å². The number of nitrogens with one attached hydrogen (secondary N) is 2. The molecule has 41 heavy (non-hydrogen) atoms. The van der Waals surface area contributed by atoms with E-state index in [0.717, 1.165) is 54.5 Å². The number of carbonyl (C=O) groups excluding carboxylic acids is 1. The van der Waals surface area contributed by atoms with Gasteiger partial charge in [0, 0.05) is 39.7 Å². The third kappa shape index (κ3) is 5.59. The molecule has 1 aromatic carbocycles. The summed E-state index contributed by atoms with van der Waals surface area (Å²) in [5.41, 5.74) is 5.71. The van der Waals surface area contributed by atoms with Crippen LogP contribution in [-0.4, -0.2) is 40.2 Å². The zero-order valence-electron chi connectivity index (χ0n) is 24.9. The number of H-pyrrole nitrogens is 1. The lowest BCUT2D eigenvalue weighted by Gasteiger charge is -2.30. The van der Waals surface area contributed by atoms with Crippen molar-refractivity contribution in [2.75, 3.05) is 6.61 Å². The van der Waals surface area contributed by atoms with Crippen molar-refractivity contribution in [2.24, 2.45) is 0 Å². The number of aromatic nitrogens is 1. The summed E-state index contributed by atoms with van der Waals surface area (Å²) in [6.07, 6.45) is 5.43. The van der Waals surface area contributed by atoms with E-state index in [9.17, 15) is 14.7 Å². The molecule has 0 saturated heterocycles. The number of rotatable bonds is 6. The standard InChI is InChI=1S/C33H41FN2O5/c1-17-21-13-10-14-40-29(21)25(34)16-22(17)27-24-15-23(31(37)36-20-11-8-7-9-12-20)18(2)28(24)35-19(3)26(27)30(32(38)39)41-33(4,5)6/h15-16,20,30,35H,7-14H2,1-6H3,(H,36,37)(H,38,39). The van der Waals surface area contributed by atoms with E-state index in [2.05, 4.69) is 10.3 Å². The van der Waals surface area contributed by atoms with Crippen LogP contribution in [0.25, 0.3) is 22.4 Å². The number of carboxylic acids is 1. The second kappa shape index (κ2) is 11.1. The number of hydrogen-bond acceptors (Lipinski definition) is 4. The lowest BCUT2D eigenvalue weighted by molar-refractivity contribution is -0.160. The number of ether oxygens (including phenoxy) is 2. The van der Waals surface area contributed by atoms with E-state index < -0.39 is 23.5 Å². The van der Waals surface area contributed by atoms with Crippen LogP contribution in [0.2, 0.25) is 0 Å². The van der Waals surface area contributed by atoms with Gasteiger partial charge in [-0.2, -0.15) is 0 Å². The van der Waals surface area contributed by atoms with Crippen LogP contribution in [0.3, 0.4) is 0 Å². The second-order valence-corrected chi connectivity index (χ2v) is 12.6. The molecular formula is C33H41FN2O5. The van der Waals surface area contributed by atoms with Gasteiger partial charge in [0.05, 0.1) is 12.2 Å². The number of aliphatic carboxylic acids is 1. The third-order valence-corrected chi connectivity index (χ3v) is 8.44. The average Bonchev–Trinajstić information content (AvgIpc) is 3.24. The zero-order chi connectivity index (χ0) is 29.6. The highest BCUT2D eigenvalue weighted by atomic mass is 19.1. The molecule has 7 nitrogen and oxygen atoms in total. The number of pyridine rings is 1. The second-order valence-electron chi connectivity index (χ2n) is 12.6. The molecule has 1 aromatic rings. The van der Waals surface area contributed by atoms with Gasteiger partial charge in [0.15, 0.2) is 17.7 Å². The van der Waals surface area contributed by atoms with E-state index in [1.165, 1.54) is 12.5 Å². The molecule has 5 rings (SSSR count). The minimum Gasteiger partial charge on any atom is -0.490 e. The quantitative estimate of drug-likeness (QED) is 0.294. The van der Waals surface area contributed by atoms with Crippen LogP contribution in [0.4, 0.5) is 4.39 Å². The van der Waals surface area contributed by atoms with E-state index in [1.807, 2.05) is 47.6 Å². The van der Waals surface area contributed by atoms with Crippen molar-refractivity contribution < 1.29 is 28.6 Å². The Hall–Kier alpha value is -3.39. The fourth-order valence-corrected chi connectivity index (χ4v) is 6.47. The molecule has 1 unspecified atom stereocenters. The van der Waals surface area contributed by atoms with E-state index in [1.54, 1.807) is 0 Å². The number of hydrogen-bond donors (Lipinski definition) is 3. The van der Waals surface area contributed by atoms with E-state index in [4.69, 9.17) is 9.47 Å². The molecule has 3 N–H and O–H groups in total. The number of aromatic amines is 1. The van der Waals surface area contributed by atoms with Gasteiger partial charge >= 0.3 is 5.97 Å². The molecule has 220 valence electrons. The first-order chi connectivity index (χ1) is 19.4. The zero-order valence-corrected chi connectivity index (χ0v) is 24.9. The highest BCUT2D eigenvalue weighted by Crippen LogP contribution is 2.48.